The summed E-state index contributed by atoms with van der Waals surface area (Å²) in [7, 11) is 0. The first-order valence-corrected chi connectivity index (χ1v) is 5.38. The van der Waals surface area contributed by atoms with Gasteiger partial charge in [0.25, 0.3) is 0 Å². The second-order valence-corrected chi connectivity index (χ2v) is 5.29. The highest BCUT2D eigenvalue weighted by Gasteiger charge is 2.47. The molecule has 2 fully saturated rings. The Labute approximate surface area is 79.9 Å². The Balaban J connectivity index is 1.80. The van der Waals surface area contributed by atoms with Crippen LogP contribution < -0.4 is 5.73 Å². The van der Waals surface area contributed by atoms with Gasteiger partial charge in [0.1, 0.15) is 0 Å². The maximum Gasteiger partial charge on any atom is 0.217 e. The normalized spacial score (nSPS) is 43.5. The number of hydrogen-bond acceptors (Lipinski definition) is 1. The molecule has 2 aliphatic rings. The summed E-state index contributed by atoms with van der Waals surface area (Å²) in [5.74, 6) is 1.41. The van der Waals surface area contributed by atoms with Crippen molar-refractivity contribution in [3.63, 3.8) is 0 Å². The molecule has 1 unspecified atom stereocenters. The van der Waals surface area contributed by atoms with Crippen LogP contribution in [-0.2, 0) is 4.79 Å². The molecule has 2 heteroatoms. The molecule has 1 atom stereocenters. The number of carbonyl (C=O) groups excluding carboxylic acids is 1. The van der Waals surface area contributed by atoms with Crippen LogP contribution in [0.15, 0.2) is 0 Å². The van der Waals surface area contributed by atoms with Crippen LogP contribution in [0.3, 0.4) is 0 Å². The molecule has 1 spiro atoms. The van der Waals surface area contributed by atoms with Crippen molar-refractivity contribution in [3.05, 3.63) is 0 Å². The molecule has 2 saturated carbocycles. The molecule has 2 N–H and O–H groups in total. The minimum atomic E-state index is -0.120. The number of amides is 1. The highest BCUT2D eigenvalue weighted by molar-refractivity contribution is 5.74. The first-order chi connectivity index (χ1) is 6.10. The quantitative estimate of drug-likeness (QED) is 0.696. The fourth-order valence-corrected chi connectivity index (χ4v) is 3.46. The van der Waals surface area contributed by atoms with Gasteiger partial charge in [-0.05, 0) is 42.9 Å². The van der Waals surface area contributed by atoms with Gasteiger partial charge < -0.3 is 5.73 Å². The van der Waals surface area contributed by atoms with Crippen LogP contribution in [0.1, 0.15) is 45.4 Å². The van der Waals surface area contributed by atoms with E-state index in [1.54, 1.807) is 0 Å². The van der Waals surface area contributed by atoms with Crippen LogP contribution in [0.5, 0.6) is 0 Å². The number of rotatable bonds is 2. The summed E-state index contributed by atoms with van der Waals surface area (Å²) in [4.78, 5) is 10.7. The third-order valence-electron chi connectivity index (χ3n) is 3.88. The third kappa shape index (κ3) is 1.72. The summed E-state index contributed by atoms with van der Waals surface area (Å²) >= 11 is 0. The van der Waals surface area contributed by atoms with Crippen LogP contribution in [0, 0.1) is 17.3 Å². The molecule has 0 saturated heterocycles. The molecular formula is C11H19NO. The van der Waals surface area contributed by atoms with Gasteiger partial charge >= 0.3 is 0 Å². The number of hydrogen-bond donors (Lipinski definition) is 1. The van der Waals surface area contributed by atoms with Gasteiger partial charge in [-0.2, -0.15) is 0 Å². The van der Waals surface area contributed by atoms with Gasteiger partial charge in [0, 0.05) is 6.42 Å². The Morgan fingerprint density at radius 2 is 2.15 bits per heavy atom. The van der Waals surface area contributed by atoms with E-state index in [2.05, 4.69) is 6.92 Å². The molecule has 0 bridgehead atoms. The SMILES string of the molecule is CC1CCC2(C1)CC(CC(N)=O)C2. The molecule has 0 aromatic heterocycles. The minimum absolute atomic E-state index is 0.120. The van der Waals surface area contributed by atoms with Crippen LogP contribution in [0.2, 0.25) is 0 Å². The lowest BCUT2D eigenvalue weighted by Gasteiger charge is -2.45. The van der Waals surface area contributed by atoms with E-state index in [-0.39, 0.29) is 5.91 Å². The number of carbonyl (C=O) groups is 1. The molecular weight excluding hydrogens is 162 g/mol. The summed E-state index contributed by atoms with van der Waals surface area (Å²) in [6, 6.07) is 0. The molecule has 1 amide bonds. The van der Waals surface area contributed by atoms with Crippen LogP contribution in [-0.4, -0.2) is 5.91 Å². The Hall–Kier alpha value is -0.530. The van der Waals surface area contributed by atoms with Gasteiger partial charge in [-0.3, -0.25) is 4.79 Å². The van der Waals surface area contributed by atoms with E-state index >= 15 is 0 Å². The van der Waals surface area contributed by atoms with Gasteiger partial charge in [-0.15, -0.1) is 0 Å². The highest BCUT2D eigenvalue weighted by Crippen LogP contribution is 2.58. The number of primary amides is 1. The van der Waals surface area contributed by atoms with E-state index in [1.807, 2.05) is 0 Å². The zero-order chi connectivity index (χ0) is 9.47. The molecule has 0 heterocycles. The minimum Gasteiger partial charge on any atom is -0.370 e. The Morgan fingerprint density at radius 3 is 2.62 bits per heavy atom. The van der Waals surface area contributed by atoms with Gasteiger partial charge in [0.15, 0.2) is 0 Å². The molecule has 0 aliphatic heterocycles. The van der Waals surface area contributed by atoms with Crippen molar-refractivity contribution < 1.29 is 4.79 Å². The molecule has 2 rings (SSSR count). The van der Waals surface area contributed by atoms with Crippen molar-refractivity contribution in [3.8, 4) is 0 Å². The molecule has 13 heavy (non-hydrogen) atoms. The molecule has 0 aromatic rings. The fraction of sp³-hybridized carbons (Fsp3) is 0.909. The summed E-state index contributed by atoms with van der Waals surface area (Å²) in [5.41, 5.74) is 5.82. The Kier molecular flexibility index (Phi) is 2.09. The zero-order valence-corrected chi connectivity index (χ0v) is 8.38. The van der Waals surface area contributed by atoms with Crippen LogP contribution >= 0.6 is 0 Å². The van der Waals surface area contributed by atoms with Crippen molar-refractivity contribution in [2.45, 2.75) is 45.4 Å². The lowest BCUT2D eigenvalue weighted by Crippen LogP contribution is -2.37. The van der Waals surface area contributed by atoms with E-state index in [0.717, 1.165) is 5.92 Å². The standard InChI is InChI=1S/C11H19NO/c1-8-2-3-11(5-8)6-9(7-11)4-10(12)13/h8-9H,2-7H2,1H3,(H2,12,13). The van der Waals surface area contributed by atoms with E-state index in [1.165, 1.54) is 32.1 Å². The fourth-order valence-electron chi connectivity index (χ4n) is 3.46. The lowest BCUT2D eigenvalue weighted by atomic mass is 9.60. The molecule has 0 aromatic carbocycles. The average molecular weight is 181 g/mol. The van der Waals surface area contributed by atoms with Gasteiger partial charge in [0.2, 0.25) is 5.91 Å². The lowest BCUT2D eigenvalue weighted by molar-refractivity contribution is -0.120. The van der Waals surface area contributed by atoms with Crippen molar-refractivity contribution in [1.29, 1.82) is 0 Å². The van der Waals surface area contributed by atoms with Gasteiger partial charge in [0.05, 0.1) is 0 Å². The molecule has 74 valence electrons. The van der Waals surface area contributed by atoms with E-state index in [9.17, 15) is 4.79 Å². The molecule has 0 radical (unpaired) electrons. The first-order valence-electron chi connectivity index (χ1n) is 5.38. The van der Waals surface area contributed by atoms with Crippen molar-refractivity contribution in [2.24, 2.45) is 23.0 Å². The first kappa shape index (κ1) is 9.04. The second kappa shape index (κ2) is 3.00. The predicted octanol–water partition coefficient (Wildman–Crippen LogP) is 2.08. The molecule has 2 aliphatic carbocycles. The average Bonchev–Trinajstić information content (AvgIpc) is 2.29. The van der Waals surface area contributed by atoms with Crippen molar-refractivity contribution in [2.75, 3.05) is 0 Å². The topological polar surface area (TPSA) is 43.1 Å². The Morgan fingerprint density at radius 1 is 1.46 bits per heavy atom. The van der Waals surface area contributed by atoms with Crippen LogP contribution in [0.25, 0.3) is 0 Å². The Bertz CT molecular complexity index is 218. The summed E-state index contributed by atoms with van der Waals surface area (Å²) in [6.45, 7) is 2.34. The maximum atomic E-state index is 10.7. The van der Waals surface area contributed by atoms with Gasteiger partial charge in [-0.25, -0.2) is 0 Å². The van der Waals surface area contributed by atoms with Crippen molar-refractivity contribution in [1.82, 2.24) is 0 Å². The second-order valence-electron chi connectivity index (χ2n) is 5.29. The van der Waals surface area contributed by atoms with E-state index in [0.29, 0.717) is 17.8 Å². The summed E-state index contributed by atoms with van der Waals surface area (Å²) < 4.78 is 0. The van der Waals surface area contributed by atoms with E-state index < -0.39 is 0 Å². The predicted molar refractivity (Wildman–Crippen MR) is 52.0 cm³/mol. The highest BCUT2D eigenvalue weighted by atomic mass is 16.1. The van der Waals surface area contributed by atoms with Crippen LogP contribution in [0.4, 0.5) is 0 Å². The monoisotopic (exact) mass is 181 g/mol. The smallest absolute Gasteiger partial charge is 0.217 e. The van der Waals surface area contributed by atoms with Crippen molar-refractivity contribution >= 4 is 5.91 Å². The summed E-state index contributed by atoms with van der Waals surface area (Å²) in [5, 5.41) is 0. The van der Waals surface area contributed by atoms with Gasteiger partial charge in [-0.1, -0.05) is 13.3 Å². The molecule has 2 nitrogen and oxygen atoms in total. The zero-order valence-electron chi connectivity index (χ0n) is 8.38. The number of nitrogens with two attached hydrogens (primary N) is 1. The largest absolute Gasteiger partial charge is 0.370 e. The maximum absolute atomic E-state index is 10.7. The third-order valence-corrected chi connectivity index (χ3v) is 3.88. The summed E-state index contributed by atoms with van der Waals surface area (Å²) in [6.07, 6.45) is 7.33. The van der Waals surface area contributed by atoms with E-state index in [4.69, 9.17) is 5.73 Å².